The van der Waals surface area contributed by atoms with Crippen LogP contribution in [-0.2, 0) is 16.6 Å². The van der Waals surface area contributed by atoms with Gasteiger partial charge in [0, 0.05) is 12.5 Å². The maximum atomic E-state index is 11.4. The Morgan fingerprint density at radius 2 is 1.94 bits per heavy atom. The molecule has 2 atom stereocenters. The molecule has 0 saturated heterocycles. The molecular formula is C10H16N4O2S. The lowest BCUT2D eigenvalue weighted by molar-refractivity contribution is 0.525. The largest absolute Gasteiger partial charge is 0.301 e. The lowest BCUT2D eigenvalue weighted by atomic mass is 10.0. The average Bonchev–Trinajstić information content (AvgIpc) is 2.75. The minimum atomic E-state index is -3.77. The summed E-state index contributed by atoms with van der Waals surface area (Å²) in [4.78, 5) is 0. The summed E-state index contributed by atoms with van der Waals surface area (Å²) < 4.78 is 24.4. The Labute approximate surface area is 100 Å². The molecule has 0 aromatic carbocycles. The zero-order chi connectivity index (χ0) is 12.2. The fourth-order valence-corrected chi connectivity index (χ4v) is 3.72. The first-order valence-corrected chi connectivity index (χ1v) is 7.51. The predicted molar refractivity (Wildman–Crippen MR) is 60.6 cm³/mol. The van der Waals surface area contributed by atoms with Crippen LogP contribution in [0.5, 0.6) is 0 Å². The number of sulfonamides is 1. The van der Waals surface area contributed by atoms with E-state index in [-0.39, 0.29) is 5.16 Å². The molecule has 94 valence electrons. The van der Waals surface area contributed by atoms with Gasteiger partial charge in [0.15, 0.2) is 0 Å². The van der Waals surface area contributed by atoms with Gasteiger partial charge < -0.3 is 4.57 Å². The van der Waals surface area contributed by atoms with Gasteiger partial charge in [0.1, 0.15) is 5.82 Å². The Morgan fingerprint density at radius 3 is 2.47 bits per heavy atom. The van der Waals surface area contributed by atoms with Gasteiger partial charge in [-0.05, 0) is 38.0 Å². The third-order valence-electron chi connectivity index (χ3n) is 3.92. The van der Waals surface area contributed by atoms with Crippen molar-refractivity contribution in [2.75, 3.05) is 0 Å². The van der Waals surface area contributed by atoms with E-state index >= 15 is 0 Å². The maximum Gasteiger partial charge on any atom is 0.273 e. The standard InChI is InChI=1S/C10H16N4O2S/c1-2-14-9(8-4-6-3-7(6)5-8)12-13-10(14)17(11,15)16/h6-8H,2-5H2,1H3,(H2,11,15,16). The Morgan fingerprint density at radius 1 is 1.29 bits per heavy atom. The van der Waals surface area contributed by atoms with Gasteiger partial charge in [-0.2, -0.15) is 0 Å². The van der Waals surface area contributed by atoms with E-state index in [4.69, 9.17) is 5.14 Å². The van der Waals surface area contributed by atoms with Crippen molar-refractivity contribution >= 4 is 10.0 Å². The molecule has 1 aromatic heterocycles. The molecule has 0 spiro atoms. The van der Waals surface area contributed by atoms with Crippen molar-refractivity contribution in [3.63, 3.8) is 0 Å². The van der Waals surface area contributed by atoms with Crippen molar-refractivity contribution in [2.45, 2.75) is 43.8 Å². The maximum absolute atomic E-state index is 11.4. The van der Waals surface area contributed by atoms with E-state index in [1.54, 1.807) is 4.57 Å². The summed E-state index contributed by atoms with van der Waals surface area (Å²) in [6, 6.07) is 0. The second kappa shape index (κ2) is 3.52. The Bertz CT molecular complexity index is 541. The number of hydrogen-bond donors (Lipinski definition) is 1. The molecule has 0 aliphatic heterocycles. The second-order valence-electron chi connectivity index (χ2n) is 5.05. The third kappa shape index (κ3) is 1.77. The Hall–Kier alpha value is -0.950. The molecule has 6 nitrogen and oxygen atoms in total. The van der Waals surface area contributed by atoms with Crippen LogP contribution < -0.4 is 5.14 Å². The summed E-state index contributed by atoms with van der Waals surface area (Å²) in [5, 5.41) is 12.8. The summed E-state index contributed by atoms with van der Waals surface area (Å²) >= 11 is 0. The third-order valence-corrected chi connectivity index (χ3v) is 4.74. The Kier molecular flexibility index (Phi) is 2.31. The van der Waals surface area contributed by atoms with E-state index < -0.39 is 10.0 Å². The van der Waals surface area contributed by atoms with Crippen LogP contribution in [0.1, 0.15) is 37.9 Å². The molecule has 0 radical (unpaired) electrons. The number of hydrogen-bond acceptors (Lipinski definition) is 4. The van der Waals surface area contributed by atoms with Gasteiger partial charge in [-0.3, -0.25) is 0 Å². The minimum absolute atomic E-state index is 0.101. The first-order valence-electron chi connectivity index (χ1n) is 5.96. The van der Waals surface area contributed by atoms with E-state index in [2.05, 4.69) is 10.2 Å². The number of nitrogens with zero attached hydrogens (tertiary/aromatic N) is 3. The van der Waals surface area contributed by atoms with Crippen LogP contribution in [0.2, 0.25) is 0 Å². The Balaban J connectivity index is 1.97. The highest BCUT2D eigenvalue weighted by Gasteiger charge is 2.47. The molecule has 2 aliphatic rings. The molecule has 17 heavy (non-hydrogen) atoms. The minimum Gasteiger partial charge on any atom is -0.301 e. The molecule has 2 N–H and O–H groups in total. The lowest BCUT2D eigenvalue weighted by Crippen LogP contribution is -2.19. The van der Waals surface area contributed by atoms with Crippen LogP contribution in [0, 0.1) is 11.8 Å². The first-order chi connectivity index (χ1) is 8.00. The van der Waals surface area contributed by atoms with Crippen molar-refractivity contribution in [3.05, 3.63) is 5.82 Å². The molecule has 1 aromatic rings. The molecule has 0 amide bonds. The summed E-state index contributed by atoms with van der Waals surface area (Å²) in [7, 11) is -3.77. The molecule has 2 aliphatic carbocycles. The van der Waals surface area contributed by atoms with Crippen molar-refractivity contribution in [2.24, 2.45) is 17.0 Å². The van der Waals surface area contributed by atoms with Crippen molar-refractivity contribution < 1.29 is 8.42 Å². The predicted octanol–water partition coefficient (Wildman–Crippen LogP) is 0.459. The van der Waals surface area contributed by atoms with Gasteiger partial charge in [-0.1, -0.05) is 0 Å². The highest BCUT2D eigenvalue weighted by molar-refractivity contribution is 7.89. The summed E-state index contributed by atoms with van der Waals surface area (Å²) in [6.07, 6.45) is 3.57. The van der Waals surface area contributed by atoms with Crippen molar-refractivity contribution in [1.82, 2.24) is 14.8 Å². The van der Waals surface area contributed by atoms with Crippen LogP contribution in [0.15, 0.2) is 5.16 Å². The fourth-order valence-electron chi connectivity index (χ4n) is 3.04. The van der Waals surface area contributed by atoms with Gasteiger partial charge >= 0.3 is 0 Å². The zero-order valence-electron chi connectivity index (χ0n) is 9.70. The van der Waals surface area contributed by atoms with Crippen LogP contribution >= 0.6 is 0 Å². The quantitative estimate of drug-likeness (QED) is 0.850. The average molecular weight is 256 g/mol. The van der Waals surface area contributed by atoms with Gasteiger partial charge in [0.05, 0.1) is 0 Å². The summed E-state index contributed by atoms with van der Waals surface area (Å²) in [5.74, 6) is 2.82. The number of nitrogens with two attached hydrogens (primary N) is 1. The smallest absolute Gasteiger partial charge is 0.273 e. The van der Waals surface area contributed by atoms with Crippen LogP contribution in [-0.4, -0.2) is 23.2 Å². The number of rotatable bonds is 3. The van der Waals surface area contributed by atoms with E-state index in [0.29, 0.717) is 12.5 Å². The van der Waals surface area contributed by atoms with Gasteiger partial charge in [0.25, 0.3) is 15.2 Å². The monoisotopic (exact) mass is 256 g/mol. The number of fused-ring (bicyclic) bond motifs is 1. The van der Waals surface area contributed by atoms with E-state index in [9.17, 15) is 8.42 Å². The highest BCUT2D eigenvalue weighted by atomic mass is 32.2. The molecular weight excluding hydrogens is 240 g/mol. The molecule has 2 fully saturated rings. The normalized spacial score (nSPS) is 31.5. The van der Waals surface area contributed by atoms with E-state index in [1.807, 2.05) is 6.92 Å². The van der Waals surface area contributed by atoms with Crippen LogP contribution in [0.3, 0.4) is 0 Å². The number of primary sulfonamides is 1. The molecule has 7 heteroatoms. The van der Waals surface area contributed by atoms with E-state index in [1.165, 1.54) is 6.42 Å². The van der Waals surface area contributed by atoms with Gasteiger partial charge in [0.2, 0.25) is 0 Å². The first kappa shape index (κ1) is 11.2. The summed E-state index contributed by atoms with van der Waals surface area (Å²) in [5.41, 5.74) is 0. The molecule has 0 bridgehead atoms. The van der Waals surface area contributed by atoms with Crippen molar-refractivity contribution in [3.8, 4) is 0 Å². The highest BCUT2D eigenvalue weighted by Crippen LogP contribution is 2.57. The van der Waals surface area contributed by atoms with E-state index in [0.717, 1.165) is 30.5 Å². The molecule has 3 rings (SSSR count). The summed E-state index contributed by atoms with van der Waals surface area (Å²) in [6.45, 7) is 2.43. The van der Waals surface area contributed by atoms with Crippen LogP contribution in [0.25, 0.3) is 0 Å². The van der Waals surface area contributed by atoms with Gasteiger partial charge in [-0.15, -0.1) is 10.2 Å². The topological polar surface area (TPSA) is 90.9 Å². The van der Waals surface area contributed by atoms with Crippen molar-refractivity contribution in [1.29, 1.82) is 0 Å². The number of aromatic nitrogens is 3. The SMILES string of the molecule is CCn1c(C2CC3CC3C2)nnc1S(N)(=O)=O. The molecule has 2 unspecified atom stereocenters. The van der Waals surface area contributed by atoms with Gasteiger partial charge in [-0.25, -0.2) is 13.6 Å². The fraction of sp³-hybridized carbons (Fsp3) is 0.800. The molecule has 2 saturated carbocycles. The second-order valence-corrected chi connectivity index (χ2v) is 6.51. The zero-order valence-corrected chi connectivity index (χ0v) is 10.5. The molecule has 1 heterocycles. The lowest BCUT2D eigenvalue weighted by Gasteiger charge is -2.12. The van der Waals surface area contributed by atoms with Crippen LogP contribution in [0.4, 0.5) is 0 Å².